The highest BCUT2D eigenvalue weighted by Crippen LogP contribution is 2.45. The van der Waals surface area contributed by atoms with Crippen LogP contribution >= 0.6 is 11.3 Å². The Bertz CT molecular complexity index is 3870. The fourth-order valence-corrected chi connectivity index (χ4v) is 10.7. The molecule has 0 saturated heterocycles. The van der Waals surface area contributed by atoms with E-state index >= 15 is 0 Å². The number of benzene rings is 10. The second-order valence-electron chi connectivity index (χ2n) is 16.0. The summed E-state index contributed by atoms with van der Waals surface area (Å²) in [6.45, 7) is 0. The lowest BCUT2D eigenvalue weighted by molar-refractivity contribution is 0.669. The van der Waals surface area contributed by atoms with Crippen molar-refractivity contribution in [3.05, 3.63) is 212 Å². The van der Waals surface area contributed by atoms with Gasteiger partial charge in [0.2, 0.25) is 0 Å². The number of anilines is 3. The first-order valence-electron chi connectivity index (χ1n) is 21.0. The second-order valence-corrected chi connectivity index (χ2v) is 17.1. The normalized spacial score (nSPS) is 11.9. The molecule has 290 valence electrons. The third kappa shape index (κ3) is 5.51. The number of para-hydroxylation sites is 2. The van der Waals surface area contributed by atoms with Crippen LogP contribution in [0.25, 0.3) is 108 Å². The Balaban J connectivity index is 0.949. The Hall–Kier alpha value is -7.92. The Morgan fingerprint density at radius 3 is 1.79 bits per heavy atom. The summed E-state index contributed by atoms with van der Waals surface area (Å²) in [5.74, 6) is 0. The van der Waals surface area contributed by atoms with Crippen LogP contribution in [0.4, 0.5) is 17.1 Å². The lowest BCUT2D eigenvalue weighted by atomic mass is 9.98. The molecule has 0 unspecified atom stereocenters. The molecule has 0 spiro atoms. The van der Waals surface area contributed by atoms with Crippen molar-refractivity contribution in [1.29, 1.82) is 0 Å². The summed E-state index contributed by atoms with van der Waals surface area (Å²) in [4.78, 5) is 2.39. The van der Waals surface area contributed by atoms with Gasteiger partial charge in [0.1, 0.15) is 22.3 Å². The van der Waals surface area contributed by atoms with Crippen LogP contribution in [0.3, 0.4) is 0 Å². The smallest absolute Gasteiger partial charge is 0.143 e. The van der Waals surface area contributed by atoms with E-state index in [-0.39, 0.29) is 0 Å². The summed E-state index contributed by atoms with van der Waals surface area (Å²) in [6, 6.07) is 76.3. The molecule has 62 heavy (non-hydrogen) atoms. The van der Waals surface area contributed by atoms with Crippen molar-refractivity contribution in [3.63, 3.8) is 0 Å². The maximum Gasteiger partial charge on any atom is 0.143 e. The van der Waals surface area contributed by atoms with E-state index in [4.69, 9.17) is 8.83 Å². The highest BCUT2D eigenvalue weighted by Gasteiger charge is 2.20. The molecule has 13 rings (SSSR count). The highest BCUT2D eigenvalue weighted by atomic mass is 32.1. The van der Waals surface area contributed by atoms with Crippen LogP contribution < -0.4 is 4.90 Å². The predicted octanol–water partition coefficient (Wildman–Crippen LogP) is 17.5. The molecule has 0 bridgehead atoms. The van der Waals surface area contributed by atoms with Crippen LogP contribution in [0.2, 0.25) is 0 Å². The maximum atomic E-state index is 6.54. The van der Waals surface area contributed by atoms with Crippen LogP contribution in [0.5, 0.6) is 0 Å². The van der Waals surface area contributed by atoms with Crippen molar-refractivity contribution in [2.75, 3.05) is 4.90 Å². The van der Waals surface area contributed by atoms with Crippen LogP contribution in [0, 0.1) is 0 Å². The van der Waals surface area contributed by atoms with Gasteiger partial charge in [0.05, 0.1) is 5.69 Å². The van der Waals surface area contributed by atoms with Crippen molar-refractivity contribution < 1.29 is 8.83 Å². The number of thiophene rings is 1. The molecule has 0 N–H and O–H groups in total. The molecule has 0 saturated carbocycles. The zero-order valence-corrected chi connectivity index (χ0v) is 34.2. The molecule has 10 aromatic carbocycles. The van der Waals surface area contributed by atoms with Crippen molar-refractivity contribution in [1.82, 2.24) is 0 Å². The molecular weight excluding hydrogens is 775 g/mol. The highest BCUT2D eigenvalue weighted by molar-refractivity contribution is 7.26. The van der Waals surface area contributed by atoms with Crippen molar-refractivity contribution >= 4 is 103 Å². The molecule has 3 aromatic heterocycles. The van der Waals surface area contributed by atoms with Gasteiger partial charge in [-0.25, -0.2) is 0 Å². The first-order chi connectivity index (χ1) is 30.7. The summed E-state index contributed by atoms with van der Waals surface area (Å²) < 4.78 is 15.3. The fraction of sp³-hybridized carbons (Fsp3) is 0. The van der Waals surface area contributed by atoms with Crippen molar-refractivity contribution in [2.24, 2.45) is 0 Å². The molecule has 3 heterocycles. The first-order valence-corrected chi connectivity index (χ1v) is 21.8. The second kappa shape index (κ2) is 13.8. The van der Waals surface area contributed by atoms with E-state index in [1.54, 1.807) is 0 Å². The average molecular weight is 810 g/mol. The van der Waals surface area contributed by atoms with Crippen LogP contribution in [0.15, 0.2) is 221 Å². The third-order valence-corrected chi connectivity index (χ3v) is 13.7. The molecule has 0 aliphatic heterocycles. The minimum absolute atomic E-state index is 0.885. The molecular formula is C58H35NO2S. The van der Waals surface area contributed by atoms with E-state index in [0.717, 1.165) is 88.6 Å². The third-order valence-electron chi connectivity index (χ3n) is 12.5. The SMILES string of the molecule is c1ccc(N(c2ccc(-c3ccc4oc5ccccc5c4c3)cc2)c2ccc(-c3cccc4c3sc3ccccc34)cc2)c(-c2ccc3oc4c5ccccc5ccc4c3c2)c1. The van der Waals surface area contributed by atoms with Gasteiger partial charge in [0.15, 0.2) is 0 Å². The number of rotatable bonds is 6. The summed E-state index contributed by atoms with van der Waals surface area (Å²) in [5.41, 5.74) is 13.8. The number of hydrogen-bond donors (Lipinski definition) is 0. The Kier molecular flexibility index (Phi) is 7.78. The molecule has 0 atom stereocenters. The van der Waals surface area contributed by atoms with Gasteiger partial charge >= 0.3 is 0 Å². The minimum atomic E-state index is 0.885. The Labute approximate surface area is 360 Å². The van der Waals surface area contributed by atoms with E-state index in [1.807, 2.05) is 23.5 Å². The lowest BCUT2D eigenvalue weighted by Crippen LogP contribution is -2.11. The van der Waals surface area contributed by atoms with Gasteiger partial charge < -0.3 is 13.7 Å². The molecule has 0 aliphatic carbocycles. The zero-order chi connectivity index (χ0) is 40.7. The van der Waals surface area contributed by atoms with E-state index in [9.17, 15) is 0 Å². The quantitative estimate of drug-likeness (QED) is 0.168. The van der Waals surface area contributed by atoms with Crippen molar-refractivity contribution in [3.8, 4) is 33.4 Å². The Morgan fingerprint density at radius 2 is 0.935 bits per heavy atom. The maximum absolute atomic E-state index is 6.54. The summed E-state index contributed by atoms with van der Waals surface area (Å²) in [7, 11) is 0. The van der Waals surface area contributed by atoms with Gasteiger partial charge in [-0.05, 0) is 106 Å². The summed E-state index contributed by atoms with van der Waals surface area (Å²) in [6.07, 6.45) is 0. The standard InChI is InChI=1S/C58H35NO2S/c1-2-12-44-37(10-1)24-31-48-51-35-40(26-33-55(51)61-57(44)48)43-11-3-6-17-52(43)59(41-27-20-36(21-28-41)39-25-32-54-50(34-39)46-13-4-7-18-53(46)60-54)42-29-22-38(23-30-42)45-15-9-16-49-47-14-5-8-19-56(47)62-58(45)49/h1-35H. The number of furan rings is 2. The summed E-state index contributed by atoms with van der Waals surface area (Å²) >= 11 is 1.87. The number of nitrogens with zero attached hydrogens (tertiary/aromatic N) is 1. The van der Waals surface area contributed by atoms with Gasteiger partial charge in [0.25, 0.3) is 0 Å². The molecule has 4 heteroatoms. The average Bonchev–Trinajstić information content (AvgIpc) is 4.03. The monoisotopic (exact) mass is 809 g/mol. The van der Waals surface area contributed by atoms with E-state index < -0.39 is 0 Å². The zero-order valence-electron chi connectivity index (χ0n) is 33.4. The molecule has 0 amide bonds. The van der Waals surface area contributed by atoms with E-state index in [2.05, 4.69) is 205 Å². The number of hydrogen-bond acceptors (Lipinski definition) is 4. The Morgan fingerprint density at radius 1 is 0.339 bits per heavy atom. The van der Waals surface area contributed by atoms with Gasteiger partial charge in [0, 0.05) is 64.0 Å². The summed E-state index contributed by atoms with van der Waals surface area (Å²) in [5, 5.41) is 9.40. The van der Waals surface area contributed by atoms with Crippen molar-refractivity contribution in [2.45, 2.75) is 0 Å². The molecule has 13 aromatic rings. The topological polar surface area (TPSA) is 29.5 Å². The van der Waals surface area contributed by atoms with Crippen LogP contribution in [-0.2, 0) is 0 Å². The van der Waals surface area contributed by atoms with Gasteiger partial charge in [-0.2, -0.15) is 0 Å². The fourth-order valence-electron chi connectivity index (χ4n) is 9.49. The van der Waals surface area contributed by atoms with Gasteiger partial charge in [-0.1, -0.05) is 140 Å². The number of fused-ring (bicyclic) bond motifs is 11. The van der Waals surface area contributed by atoms with Gasteiger partial charge in [-0.3, -0.25) is 0 Å². The molecule has 3 nitrogen and oxygen atoms in total. The van der Waals surface area contributed by atoms with E-state index in [1.165, 1.54) is 36.7 Å². The van der Waals surface area contributed by atoms with Crippen LogP contribution in [0.1, 0.15) is 0 Å². The minimum Gasteiger partial charge on any atom is -0.456 e. The lowest BCUT2D eigenvalue weighted by Gasteiger charge is -2.28. The molecule has 0 fully saturated rings. The largest absolute Gasteiger partial charge is 0.456 e. The molecule has 0 aliphatic rings. The van der Waals surface area contributed by atoms with E-state index in [0.29, 0.717) is 0 Å². The first kappa shape index (κ1) is 34.9. The van der Waals surface area contributed by atoms with Gasteiger partial charge in [-0.15, -0.1) is 11.3 Å². The molecule has 0 radical (unpaired) electrons. The van der Waals surface area contributed by atoms with Crippen LogP contribution in [-0.4, -0.2) is 0 Å². The predicted molar refractivity (Wildman–Crippen MR) is 262 cm³/mol.